The summed E-state index contributed by atoms with van der Waals surface area (Å²) in [6.45, 7) is 5.65. The number of carbonyl (C=O) groups excluding carboxylic acids is 3. The first-order chi connectivity index (χ1) is 12.0. The molecule has 1 aliphatic rings. The van der Waals surface area contributed by atoms with Crippen LogP contribution in [-0.2, 0) is 23.9 Å². The highest BCUT2D eigenvalue weighted by Crippen LogP contribution is 2.31. The van der Waals surface area contributed by atoms with Gasteiger partial charge in [0.15, 0.2) is 0 Å². The quantitative estimate of drug-likeness (QED) is 0.504. The molecule has 9 heteroatoms. The molecule has 2 N–H and O–H groups in total. The minimum atomic E-state index is -1.28. The second kappa shape index (κ2) is 9.80. The summed E-state index contributed by atoms with van der Waals surface area (Å²) >= 11 is 0.623. The fraction of sp³-hybridized carbons (Fsp3) is 0.765. The van der Waals surface area contributed by atoms with E-state index in [4.69, 9.17) is 9.47 Å². The lowest BCUT2D eigenvalue weighted by atomic mass is 9.89. The standard InChI is InChI=1S/C17H27NO7S/c1-10(19)18-13(14(20)21)17(3,4)26-16(23)25-11(2)24-15(22)12-8-6-5-7-9-12/h11-13H,5-9H2,1-4H3,(H,18,19)(H,20,21)/t11-,13+/m1/s1. The summed E-state index contributed by atoms with van der Waals surface area (Å²) in [5, 5.41) is 10.8. The van der Waals surface area contributed by atoms with E-state index >= 15 is 0 Å². The number of amides is 1. The number of hydrogen-bond acceptors (Lipinski definition) is 7. The summed E-state index contributed by atoms with van der Waals surface area (Å²) in [6.07, 6.45) is 3.56. The van der Waals surface area contributed by atoms with Crippen molar-refractivity contribution in [2.24, 2.45) is 5.92 Å². The molecule has 0 aliphatic heterocycles. The molecule has 8 nitrogen and oxygen atoms in total. The Morgan fingerprint density at radius 2 is 1.69 bits per heavy atom. The smallest absolute Gasteiger partial charge is 0.370 e. The van der Waals surface area contributed by atoms with Crippen molar-refractivity contribution in [2.45, 2.75) is 76.9 Å². The van der Waals surface area contributed by atoms with Crippen LogP contribution >= 0.6 is 11.8 Å². The molecular formula is C17H27NO7S. The minimum absolute atomic E-state index is 0.162. The summed E-state index contributed by atoms with van der Waals surface area (Å²) in [5.41, 5.74) is 0. The first-order valence-electron chi connectivity index (χ1n) is 8.63. The topological polar surface area (TPSA) is 119 Å². The molecule has 26 heavy (non-hydrogen) atoms. The predicted molar refractivity (Wildman–Crippen MR) is 95.5 cm³/mol. The molecule has 0 aromatic rings. The van der Waals surface area contributed by atoms with Crippen LogP contribution in [0.3, 0.4) is 0 Å². The molecule has 1 aliphatic carbocycles. The Labute approximate surface area is 157 Å². The highest BCUT2D eigenvalue weighted by Gasteiger charge is 2.39. The van der Waals surface area contributed by atoms with Crippen LogP contribution in [0.15, 0.2) is 0 Å². The van der Waals surface area contributed by atoms with E-state index in [9.17, 15) is 24.3 Å². The van der Waals surface area contributed by atoms with Crippen molar-refractivity contribution in [2.75, 3.05) is 0 Å². The Morgan fingerprint density at radius 1 is 1.12 bits per heavy atom. The van der Waals surface area contributed by atoms with Gasteiger partial charge >= 0.3 is 17.2 Å². The molecule has 1 amide bonds. The van der Waals surface area contributed by atoms with Crippen LogP contribution in [-0.4, -0.2) is 45.3 Å². The summed E-state index contributed by atoms with van der Waals surface area (Å²) in [6, 6.07) is -1.28. The number of thioether (sulfide) groups is 1. The summed E-state index contributed by atoms with van der Waals surface area (Å²) in [5.74, 6) is -2.32. The fourth-order valence-electron chi connectivity index (χ4n) is 2.79. The third-order valence-electron chi connectivity index (χ3n) is 4.12. The van der Waals surface area contributed by atoms with Gasteiger partial charge in [-0.05, 0) is 38.5 Å². The molecule has 1 fully saturated rings. The normalized spacial score (nSPS) is 17.7. The molecule has 148 valence electrons. The van der Waals surface area contributed by atoms with Gasteiger partial charge in [-0.2, -0.15) is 0 Å². The zero-order valence-electron chi connectivity index (χ0n) is 15.6. The maximum absolute atomic E-state index is 12.1. The third kappa shape index (κ3) is 7.23. The molecule has 0 aromatic heterocycles. The zero-order valence-corrected chi connectivity index (χ0v) is 16.4. The van der Waals surface area contributed by atoms with Gasteiger partial charge in [-0.15, -0.1) is 0 Å². The zero-order chi connectivity index (χ0) is 19.9. The molecule has 1 saturated carbocycles. The van der Waals surface area contributed by atoms with E-state index in [-0.39, 0.29) is 11.9 Å². The Morgan fingerprint density at radius 3 is 2.19 bits per heavy atom. The lowest BCUT2D eigenvalue weighted by molar-refractivity contribution is -0.169. The van der Waals surface area contributed by atoms with Gasteiger partial charge in [-0.3, -0.25) is 9.59 Å². The number of aliphatic carboxylic acids is 1. The van der Waals surface area contributed by atoms with Crippen LogP contribution in [0, 0.1) is 5.92 Å². The van der Waals surface area contributed by atoms with Crippen molar-refractivity contribution in [1.29, 1.82) is 0 Å². The molecule has 0 unspecified atom stereocenters. The van der Waals surface area contributed by atoms with Crippen molar-refractivity contribution in [3.8, 4) is 0 Å². The van der Waals surface area contributed by atoms with Crippen LogP contribution < -0.4 is 5.32 Å². The first kappa shape index (κ1) is 22.3. The van der Waals surface area contributed by atoms with E-state index in [2.05, 4.69) is 5.32 Å². The lowest BCUT2D eigenvalue weighted by Crippen LogP contribution is -2.52. The van der Waals surface area contributed by atoms with E-state index in [1.165, 1.54) is 27.7 Å². The monoisotopic (exact) mass is 389 g/mol. The number of carboxylic acid groups (broad SMARTS) is 1. The number of carbonyl (C=O) groups is 4. The van der Waals surface area contributed by atoms with Gasteiger partial charge in [0, 0.05) is 13.8 Å². The largest absolute Gasteiger partial charge is 0.480 e. The molecule has 0 heterocycles. The maximum atomic E-state index is 12.1. The van der Waals surface area contributed by atoms with E-state index in [1.807, 2.05) is 0 Å². The van der Waals surface area contributed by atoms with Crippen LogP contribution in [0.25, 0.3) is 0 Å². The summed E-state index contributed by atoms with van der Waals surface area (Å²) in [7, 11) is 0. The van der Waals surface area contributed by atoms with E-state index in [0.29, 0.717) is 11.8 Å². The molecule has 0 saturated heterocycles. The number of rotatable bonds is 7. The van der Waals surface area contributed by atoms with E-state index in [0.717, 1.165) is 32.1 Å². The molecule has 1 rings (SSSR count). The van der Waals surface area contributed by atoms with Gasteiger partial charge in [-0.25, -0.2) is 9.59 Å². The number of carboxylic acids is 1. The van der Waals surface area contributed by atoms with Crippen molar-refractivity contribution < 1.29 is 33.8 Å². The second-order valence-electron chi connectivity index (χ2n) is 6.88. The average molecular weight is 389 g/mol. The van der Waals surface area contributed by atoms with Crippen LogP contribution in [0.1, 0.15) is 59.8 Å². The van der Waals surface area contributed by atoms with Crippen molar-refractivity contribution in [3.63, 3.8) is 0 Å². The first-order valence-corrected chi connectivity index (χ1v) is 9.44. The number of esters is 1. The van der Waals surface area contributed by atoms with E-state index < -0.39 is 34.3 Å². The Hall–Kier alpha value is -1.77. The van der Waals surface area contributed by atoms with Gasteiger partial charge in [0.05, 0.1) is 10.7 Å². The van der Waals surface area contributed by atoms with Gasteiger partial charge in [-0.1, -0.05) is 19.3 Å². The molecule has 0 bridgehead atoms. The van der Waals surface area contributed by atoms with Gasteiger partial charge in [0.1, 0.15) is 6.04 Å². The number of hydrogen-bond donors (Lipinski definition) is 2. The van der Waals surface area contributed by atoms with Gasteiger partial charge in [0.2, 0.25) is 12.2 Å². The Balaban J connectivity index is 2.55. The summed E-state index contributed by atoms with van der Waals surface area (Å²) < 4.78 is 9.06. The van der Waals surface area contributed by atoms with Crippen molar-refractivity contribution >= 4 is 34.9 Å². The molecular weight excluding hydrogens is 362 g/mol. The van der Waals surface area contributed by atoms with Crippen LogP contribution in [0.4, 0.5) is 4.79 Å². The van der Waals surface area contributed by atoms with Gasteiger partial charge < -0.3 is 19.9 Å². The highest BCUT2D eigenvalue weighted by atomic mass is 32.2. The molecule has 2 atom stereocenters. The molecule has 0 radical (unpaired) electrons. The highest BCUT2D eigenvalue weighted by molar-refractivity contribution is 8.14. The lowest BCUT2D eigenvalue weighted by Gasteiger charge is -2.30. The molecule has 0 aromatic carbocycles. The predicted octanol–water partition coefficient (Wildman–Crippen LogP) is 2.69. The van der Waals surface area contributed by atoms with Crippen molar-refractivity contribution in [1.82, 2.24) is 5.32 Å². The second-order valence-corrected chi connectivity index (χ2v) is 8.47. The Bertz CT molecular complexity index is 543. The third-order valence-corrected chi connectivity index (χ3v) is 5.14. The average Bonchev–Trinajstić information content (AvgIpc) is 2.51. The van der Waals surface area contributed by atoms with E-state index in [1.54, 1.807) is 0 Å². The maximum Gasteiger partial charge on any atom is 0.370 e. The van der Waals surface area contributed by atoms with Crippen LogP contribution in [0.2, 0.25) is 0 Å². The van der Waals surface area contributed by atoms with Crippen LogP contribution in [0.5, 0.6) is 0 Å². The number of nitrogens with one attached hydrogen (secondary N) is 1. The van der Waals surface area contributed by atoms with Gasteiger partial charge in [0.25, 0.3) is 0 Å². The SMILES string of the molecule is CC(=O)N[C@@H](C(=O)O)C(C)(C)SC(=O)O[C@H](C)OC(=O)C1CCCCC1. The molecule has 0 spiro atoms. The minimum Gasteiger partial charge on any atom is -0.480 e. The summed E-state index contributed by atoms with van der Waals surface area (Å²) in [4.78, 5) is 46.7. The number of ether oxygens (including phenoxy) is 2. The fourth-order valence-corrected chi connectivity index (χ4v) is 3.68. The Kier molecular flexibility index (Phi) is 8.39. The van der Waals surface area contributed by atoms with Crippen molar-refractivity contribution in [3.05, 3.63) is 0 Å².